The first-order chi connectivity index (χ1) is 10.9. The van der Waals surface area contributed by atoms with Crippen LogP contribution >= 0.6 is 0 Å². The van der Waals surface area contributed by atoms with Gasteiger partial charge in [-0.2, -0.15) is 0 Å². The van der Waals surface area contributed by atoms with Crippen molar-refractivity contribution in [1.82, 2.24) is 15.5 Å². The molecule has 2 N–H and O–H groups in total. The molecular formula is C19H25N3. The minimum absolute atomic E-state index is 0.375. The van der Waals surface area contributed by atoms with Crippen LogP contribution in [0.5, 0.6) is 0 Å². The van der Waals surface area contributed by atoms with Gasteiger partial charge in [0.2, 0.25) is 0 Å². The van der Waals surface area contributed by atoms with Crippen molar-refractivity contribution in [1.29, 1.82) is 0 Å². The molecule has 0 spiro atoms. The van der Waals surface area contributed by atoms with Crippen LogP contribution in [0.4, 0.5) is 0 Å². The van der Waals surface area contributed by atoms with Crippen molar-refractivity contribution in [3.63, 3.8) is 0 Å². The number of piperazine rings is 1. The third-order valence-corrected chi connectivity index (χ3v) is 4.25. The molecule has 3 nitrogen and oxygen atoms in total. The molecule has 1 unspecified atom stereocenters. The first-order valence-corrected chi connectivity index (χ1v) is 8.17. The van der Waals surface area contributed by atoms with Crippen molar-refractivity contribution < 1.29 is 0 Å². The van der Waals surface area contributed by atoms with Gasteiger partial charge in [-0.15, -0.1) is 0 Å². The summed E-state index contributed by atoms with van der Waals surface area (Å²) < 4.78 is 0. The summed E-state index contributed by atoms with van der Waals surface area (Å²) in [5.74, 6) is 0. The fraction of sp³-hybridized carbons (Fsp3) is 0.368. The van der Waals surface area contributed by atoms with Crippen molar-refractivity contribution in [3.8, 4) is 0 Å². The van der Waals surface area contributed by atoms with Crippen molar-refractivity contribution in [2.45, 2.75) is 12.6 Å². The molecule has 2 aromatic carbocycles. The monoisotopic (exact) mass is 295 g/mol. The standard InChI is InChI=1S/C19H25N3/c1-3-7-17(8-4-1)15-21-19(18-9-5-2-6-10-18)16-22-13-11-20-12-14-22/h1-10,19-21H,11-16H2. The second kappa shape index (κ2) is 8.08. The van der Waals surface area contributed by atoms with Crippen LogP contribution in [-0.4, -0.2) is 37.6 Å². The van der Waals surface area contributed by atoms with Crippen LogP contribution in [0, 0.1) is 0 Å². The van der Waals surface area contributed by atoms with Crippen molar-refractivity contribution in [3.05, 3.63) is 71.8 Å². The van der Waals surface area contributed by atoms with Crippen molar-refractivity contribution in [2.24, 2.45) is 0 Å². The normalized spacial score (nSPS) is 17.3. The van der Waals surface area contributed by atoms with Crippen LogP contribution < -0.4 is 10.6 Å². The van der Waals surface area contributed by atoms with Crippen LogP contribution in [0.1, 0.15) is 17.2 Å². The first kappa shape index (κ1) is 15.2. The highest BCUT2D eigenvalue weighted by Crippen LogP contribution is 2.15. The summed E-state index contributed by atoms with van der Waals surface area (Å²) in [6, 6.07) is 21.8. The van der Waals surface area contributed by atoms with Crippen molar-refractivity contribution >= 4 is 0 Å². The summed E-state index contributed by atoms with van der Waals surface area (Å²) in [5, 5.41) is 7.16. The Morgan fingerprint density at radius 1 is 0.909 bits per heavy atom. The lowest BCUT2D eigenvalue weighted by Gasteiger charge is -2.31. The van der Waals surface area contributed by atoms with E-state index in [4.69, 9.17) is 0 Å². The van der Waals surface area contributed by atoms with E-state index in [0.717, 1.165) is 39.3 Å². The van der Waals surface area contributed by atoms with E-state index in [2.05, 4.69) is 76.2 Å². The molecule has 3 rings (SSSR count). The quantitative estimate of drug-likeness (QED) is 0.857. The molecule has 1 heterocycles. The molecule has 0 bridgehead atoms. The number of benzene rings is 2. The molecule has 0 saturated carbocycles. The molecular weight excluding hydrogens is 270 g/mol. The SMILES string of the molecule is c1ccc(CNC(CN2CCNCC2)c2ccccc2)cc1. The Kier molecular flexibility index (Phi) is 5.59. The lowest BCUT2D eigenvalue weighted by atomic mass is 10.1. The Morgan fingerprint density at radius 2 is 1.55 bits per heavy atom. The van der Waals surface area contributed by atoms with Crippen LogP contribution in [0.15, 0.2) is 60.7 Å². The smallest absolute Gasteiger partial charge is 0.0451 e. The second-order valence-electron chi connectivity index (χ2n) is 5.88. The van der Waals surface area contributed by atoms with Crippen molar-refractivity contribution in [2.75, 3.05) is 32.7 Å². The highest BCUT2D eigenvalue weighted by molar-refractivity contribution is 5.20. The second-order valence-corrected chi connectivity index (χ2v) is 5.88. The number of nitrogens with zero attached hydrogens (tertiary/aromatic N) is 1. The van der Waals surface area contributed by atoms with Crippen LogP contribution in [0.25, 0.3) is 0 Å². The van der Waals surface area contributed by atoms with Crippen LogP contribution in [0.3, 0.4) is 0 Å². The Morgan fingerprint density at radius 3 is 2.23 bits per heavy atom. The van der Waals surface area contributed by atoms with Crippen LogP contribution in [-0.2, 0) is 6.54 Å². The van der Waals surface area contributed by atoms with Gasteiger partial charge in [-0.1, -0.05) is 60.7 Å². The minimum Gasteiger partial charge on any atom is -0.314 e. The van der Waals surface area contributed by atoms with E-state index in [-0.39, 0.29) is 0 Å². The maximum atomic E-state index is 3.74. The van der Waals surface area contributed by atoms with Gasteiger partial charge in [0.05, 0.1) is 0 Å². The molecule has 116 valence electrons. The van der Waals surface area contributed by atoms with Gasteiger partial charge < -0.3 is 10.6 Å². The zero-order valence-corrected chi connectivity index (χ0v) is 13.0. The zero-order chi connectivity index (χ0) is 15.0. The average molecular weight is 295 g/mol. The number of rotatable bonds is 6. The molecule has 1 aliphatic rings. The molecule has 1 atom stereocenters. The van der Waals surface area contributed by atoms with E-state index < -0.39 is 0 Å². The molecule has 1 fully saturated rings. The average Bonchev–Trinajstić information content (AvgIpc) is 2.61. The van der Waals surface area contributed by atoms with E-state index in [0.29, 0.717) is 6.04 Å². The Labute approximate surface area is 133 Å². The van der Waals surface area contributed by atoms with Gasteiger partial charge in [0.25, 0.3) is 0 Å². The summed E-state index contributed by atoms with van der Waals surface area (Å²) in [5.41, 5.74) is 2.71. The molecule has 22 heavy (non-hydrogen) atoms. The maximum absolute atomic E-state index is 3.74. The molecule has 0 amide bonds. The summed E-state index contributed by atoms with van der Waals surface area (Å²) >= 11 is 0. The van der Waals surface area contributed by atoms with Gasteiger partial charge in [0.15, 0.2) is 0 Å². The highest BCUT2D eigenvalue weighted by atomic mass is 15.2. The van der Waals surface area contributed by atoms with Crippen LogP contribution in [0.2, 0.25) is 0 Å². The molecule has 0 aromatic heterocycles. The third kappa shape index (κ3) is 4.41. The maximum Gasteiger partial charge on any atom is 0.0451 e. The Bertz CT molecular complexity index is 535. The summed E-state index contributed by atoms with van der Waals surface area (Å²) in [6.07, 6.45) is 0. The summed E-state index contributed by atoms with van der Waals surface area (Å²) in [4.78, 5) is 2.55. The number of hydrogen-bond donors (Lipinski definition) is 2. The fourth-order valence-corrected chi connectivity index (χ4v) is 2.96. The van der Waals surface area contributed by atoms with E-state index in [1.165, 1.54) is 11.1 Å². The largest absolute Gasteiger partial charge is 0.314 e. The van der Waals surface area contributed by atoms with Gasteiger partial charge in [0, 0.05) is 45.3 Å². The van der Waals surface area contributed by atoms with E-state index in [1.54, 1.807) is 0 Å². The molecule has 0 aliphatic carbocycles. The highest BCUT2D eigenvalue weighted by Gasteiger charge is 2.17. The molecule has 0 radical (unpaired) electrons. The molecule has 3 heteroatoms. The van der Waals surface area contributed by atoms with Gasteiger partial charge in [-0.3, -0.25) is 4.90 Å². The molecule has 1 aliphatic heterocycles. The van der Waals surface area contributed by atoms with E-state index in [1.807, 2.05) is 0 Å². The Balaban J connectivity index is 1.65. The number of nitrogens with one attached hydrogen (secondary N) is 2. The topological polar surface area (TPSA) is 27.3 Å². The first-order valence-electron chi connectivity index (χ1n) is 8.17. The summed E-state index contributed by atoms with van der Waals surface area (Å²) in [7, 11) is 0. The molecule has 1 saturated heterocycles. The molecule has 2 aromatic rings. The minimum atomic E-state index is 0.375. The predicted molar refractivity (Wildman–Crippen MR) is 91.8 cm³/mol. The van der Waals surface area contributed by atoms with Gasteiger partial charge >= 0.3 is 0 Å². The summed E-state index contributed by atoms with van der Waals surface area (Å²) in [6.45, 7) is 6.44. The van der Waals surface area contributed by atoms with Gasteiger partial charge in [-0.25, -0.2) is 0 Å². The van der Waals surface area contributed by atoms with E-state index in [9.17, 15) is 0 Å². The van der Waals surface area contributed by atoms with Gasteiger partial charge in [-0.05, 0) is 11.1 Å². The third-order valence-electron chi connectivity index (χ3n) is 4.25. The Hall–Kier alpha value is -1.68. The number of hydrogen-bond acceptors (Lipinski definition) is 3. The lowest BCUT2D eigenvalue weighted by Crippen LogP contribution is -2.46. The fourth-order valence-electron chi connectivity index (χ4n) is 2.96. The van der Waals surface area contributed by atoms with Gasteiger partial charge in [0.1, 0.15) is 0 Å². The zero-order valence-electron chi connectivity index (χ0n) is 13.0. The van der Waals surface area contributed by atoms with E-state index >= 15 is 0 Å². The predicted octanol–water partition coefficient (Wildman–Crippen LogP) is 2.42. The lowest BCUT2D eigenvalue weighted by molar-refractivity contribution is 0.215.